The van der Waals surface area contributed by atoms with Gasteiger partial charge >= 0.3 is 0 Å². The Morgan fingerprint density at radius 1 is 1.23 bits per heavy atom. The Hall–Kier alpha value is -3.24. The minimum Gasteiger partial charge on any atom is -0.504 e. The molecule has 0 saturated carbocycles. The number of imide groups is 1. The predicted octanol–water partition coefficient (Wildman–Crippen LogP) is 4.25. The minimum absolute atomic E-state index is 0.0690. The van der Waals surface area contributed by atoms with Gasteiger partial charge in [-0.25, -0.2) is 9.97 Å². The summed E-state index contributed by atoms with van der Waals surface area (Å²) < 4.78 is 6.30. The summed E-state index contributed by atoms with van der Waals surface area (Å²) >= 11 is 4.22. The topological polar surface area (TPSA) is 106 Å². The fourth-order valence-electron chi connectivity index (χ4n) is 2.71. The summed E-state index contributed by atoms with van der Waals surface area (Å²) in [7, 11) is 1.43. The molecule has 1 aliphatic heterocycles. The van der Waals surface area contributed by atoms with Crippen molar-refractivity contribution in [2.45, 2.75) is 6.61 Å². The highest BCUT2D eigenvalue weighted by molar-refractivity contribution is 9.10. The van der Waals surface area contributed by atoms with Crippen molar-refractivity contribution in [3.8, 4) is 22.9 Å². The van der Waals surface area contributed by atoms with Gasteiger partial charge in [-0.2, -0.15) is 0 Å². The van der Waals surface area contributed by atoms with Crippen molar-refractivity contribution in [2.75, 3.05) is 7.05 Å². The van der Waals surface area contributed by atoms with Crippen LogP contribution < -0.4 is 4.74 Å². The standard InChI is InChI=1S/C21H15BrN4O4S/c1-26-20(28)18(31-21(26)29)6-14-5-17(16(27)7-15(14)22)30-11-12-8-24-19(25-9-12)13-3-2-4-23-10-13/h2-10,27H,11H2,1H3/b18-6-. The summed E-state index contributed by atoms with van der Waals surface area (Å²) in [6.07, 6.45) is 8.22. The molecule has 10 heteroatoms. The number of likely N-dealkylation sites (N-methyl/N-ethyl adjacent to an activating group) is 1. The van der Waals surface area contributed by atoms with Crippen LogP contribution in [-0.4, -0.2) is 43.2 Å². The van der Waals surface area contributed by atoms with Crippen LogP contribution >= 0.6 is 27.7 Å². The van der Waals surface area contributed by atoms with Crippen molar-refractivity contribution in [1.29, 1.82) is 0 Å². The van der Waals surface area contributed by atoms with E-state index in [-0.39, 0.29) is 29.3 Å². The second-order valence-corrected chi connectivity index (χ2v) is 8.37. The Morgan fingerprint density at radius 2 is 2.00 bits per heavy atom. The van der Waals surface area contributed by atoms with Gasteiger partial charge in [0.2, 0.25) is 0 Å². The Balaban J connectivity index is 1.51. The summed E-state index contributed by atoms with van der Waals surface area (Å²) in [6.45, 7) is 0.132. The maximum absolute atomic E-state index is 12.1. The van der Waals surface area contributed by atoms with Gasteiger partial charge in [-0.05, 0) is 47.7 Å². The summed E-state index contributed by atoms with van der Waals surface area (Å²) in [4.78, 5) is 37.9. The number of thioether (sulfide) groups is 1. The summed E-state index contributed by atoms with van der Waals surface area (Å²) in [5.41, 5.74) is 2.11. The first kappa shape index (κ1) is 21.0. The fourth-order valence-corrected chi connectivity index (χ4v) is 3.97. The zero-order valence-electron chi connectivity index (χ0n) is 16.2. The minimum atomic E-state index is -0.372. The molecule has 1 fully saturated rings. The smallest absolute Gasteiger partial charge is 0.293 e. The number of phenolic OH excluding ortho intramolecular Hbond substituents is 1. The Kier molecular flexibility index (Phi) is 6.01. The van der Waals surface area contributed by atoms with E-state index in [1.54, 1.807) is 36.9 Å². The van der Waals surface area contributed by atoms with Gasteiger partial charge in [-0.15, -0.1) is 0 Å². The first-order chi connectivity index (χ1) is 14.9. The third kappa shape index (κ3) is 4.59. The Morgan fingerprint density at radius 3 is 2.65 bits per heavy atom. The summed E-state index contributed by atoms with van der Waals surface area (Å²) in [5, 5.41) is 9.90. The van der Waals surface area contributed by atoms with E-state index in [4.69, 9.17) is 4.74 Å². The zero-order valence-corrected chi connectivity index (χ0v) is 18.6. The number of carbonyl (C=O) groups is 2. The van der Waals surface area contributed by atoms with E-state index in [1.807, 2.05) is 12.1 Å². The van der Waals surface area contributed by atoms with Crippen LogP contribution in [0.15, 0.2) is 58.4 Å². The lowest BCUT2D eigenvalue weighted by Gasteiger charge is -2.11. The molecule has 1 saturated heterocycles. The van der Waals surface area contributed by atoms with Gasteiger partial charge in [0.05, 0.1) is 4.91 Å². The molecule has 3 heterocycles. The number of rotatable bonds is 5. The second kappa shape index (κ2) is 8.86. The van der Waals surface area contributed by atoms with Gasteiger partial charge in [0, 0.05) is 47.4 Å². The highest BCUT2D eigenvalue weighted by atomic mass is 79.9. The number of nitrogens with zero attached hydrogens (tertiary/aromatic N) is 4. The van der Waals surface area contributed by atoms with Crippen molar-refractivity contribution in [2.24, 2.45) is 0 Å². The molecule has 1 N–H and O–H groups in total. The molecular formula is C21H15BrN4O4S. The van der Waals surface area contributed by atoms with Crippen LogP contribution in [0.25, 0.3) is 17.5 Å². The average Bonchev–Trinajstić information content (AvgIpc) is 3.02. The maximum Gasteiger partial charge on any atom is 0.293 e. The van der Waals surface area contributed by atoms with E-state index in [0.29, 0.717) is 26.3 Å². The number of hydrogen-bond acceptors (Lipinski definition) is 8. The normalized spacial score (nSPS) is 15.0. The monoisotopic (exact) mass is 498 g/mol. The second-order valence-electron chi connectivity index (χ2n) is 6.53. The maximum atomic E-state index is 12.1. The van der Waals surface area contributed by atoms with Crippen molar-refractivity contribution in [1.82, 2.24) is 19.9 Å². The van der Waals surface area contributed by atoms with Crippen LogP contribution in [0.1, 0.15) is 11.1 Å². The van der Waals surface area contributed by atoms with Crippen LogP contribution in [-0.2, 0) is 11.4 Å². The lowest BCUT2D eigenvalue weighted by molar-refractivity contribution is -0.121. The molecule has 1 aromatic carbocycles. The van der Waals surface area contributed by atoms with E-state index < -0.39 is 0 Å². The molecule has 31 heavy (non-hydrogen) atoms. The molecule has 2 aromatic heterocycles. The van der Waals surface area contributed by atoms with Crippen molar-refractivity contribution in [3.05, 3.63) is 69.6 Å². The molecule has 0 unspecified atom stereocenters. The highest BCUT2D eigenvalue weighted by Crippen LogP contribution is 2.37. The number of ether oxygens (including phenoxy) is 1. The van der Waals surface area contributed by atoms with Crippen LogP contribution in [0.5, 0.6) is 11.5 Å². The van der Waals surface area contributed by atoms with Crippen molar-refractivity contribution >= 4 is 44.9 Å². The first-order valence-corrected chi connectivity index (χ1v) is 10.6. The van der Waals surface area contributed by atoms with Gasteiger partial charge in [-0.1, -0.05) is 15.9 Å². The molecule has 8 nitrogen and oxygen atoms in total. The number of carbonyl (C=O) groups excluding carboxylic acids is 2. The number of benzene rings is 1. The SMILES string of the molecule is CN1C(=O)S/C(=C\c2cc(OCc3cnc(-c4cccnc4)nc3)c(O)cc2Br)C1=O. The predicted molar refractivity (Wildman–Crippen MR) is 119 cm³/mol. The number of aromatic hydroxyl groups is 1. The van der Waals surface area contributed by atoms with E-state index in [2.05, 4.69) is 30.9 Å². The number of amides is 2. The Bertz CT molecular complexity index is 1190. The van der Waals surface area contributed by atoms with Gasteiger partial charge in [0.1, 0.15) is 6.61 Å². The molecule has 1 aliphatic rings. The third-order valence-electron chi connectivity index (χ3n) is 4.37. The molecule has 0 aliphatic carbocycles. The molecule has 4 rings (SSSR count). The number of phenols is 1. The molecule has 0 spiro atoms. The molecular weight excluding hydrogens is 484 g/mol. The summed E-state index contributed by atoms with van der Waals surface area (Å²) in [6, 6.07) is 6.74. The van der Waals surface area contributed by atoms with E-state index in [1.165, 1.54) is 13.1 Å². The number of hydrogen-bond donors (Lipinski definition) is 1. The fraction of sp³-hybridized carbons (Fsp3) is 0.0952. The largest absolute Gasteiger partial charge is 0.504 e. The van der Waals surface area contributed by atoms with Gasteiger partial charge < -0.3 is 9.84 Å². The van der Waals surface area contributed by atoms with Crippen LogP contribution in [0.4, 0.5) is 4.79 Å². The van der Waals surface area contributed by atoms with Crippen LogP contribution in [0, 0.1) is 0 Å². The number of pyridine rings is 1. The molecule has 3 aromatic rings. The molecule has 0 bridgehead atoms. The lowest BCUT2D eigenvalue weighted by atomic mass is 10.2. The number of halogens is 1. The van der Waals surface area contributed by atoms with Gasteiger partial charge in [0.25, 0.3) is 11.1 Å². The molecule has 0 atom stereocenters. The molecule has 156 valence electrons. The van der Waals surface area contributed by atoms with Crippen LogP contribution in [0.3, 0.4) is 0 Å². The quantitative estimate of drug-likeness (QED) is 0.520. The Labute approximate surface area is 190 Å². The number of aromatic nitrogens is 3. The van der Waals surface area contributed by atoms with Crippen molar-refractivity contribution < 1.29 is 19.4 Å². The molecule has 0 radical (unpaired) electrons. The van der Waals surface area contributed by atoms with Crippen LogP contribution in [0.2, 0.25) is 0 Å². The van der Waals surface area contributed by atoms with E-state index in [0.717, 1.165) is 22.2 Å². The van der Waals surface area contributed by atoms with Gasteiger partial charge in [0.15, 0.2) is 17.3 Å². The van der Waals surface area contributed by atoms with E-state index >= 15 is 0 Å². The van der Waals surface area contributed by atoms with Gasteiger partial charge in [-0.3, -0.25) is 19.5 Å². The van der Waals surface area contributed by atoms with E-state index in [9.17, 15) is 14.7 Å². The van der Waals surface area contributed by atoms with Crippen molar-refractivity contribution in [3.63, 3.8) is 0 Å². The summed E-state index contributed by atoms with van der Waals surface area (Å²) in [5.74, 6) is 0.334. The zero-order chi connectivity index (χ0) is 22.0. The first-order valence-electron chi connectivity index (χ1n) is 9.00. The highest BCUT2D eigenvalue weighted by Gasteiger charge is 2.32. The lowest BCUT2D eigenvalue weighted by Crippen LogP contribution is -2.22. The molecule has 2 amide bonds. The third-order valence-corrected chi connectivity index (χ3v) is 6.02. The average molecular weight is 499 g/mol.